The van der Waals surface area contributed by atoms with Gasteiger partial charge in [0.25, 0.3) is 11.6 Å². The van der Waals surface area contributed by atoms with Gasteiger partial charge in [-0.25, -0.2) is 4.79 Å². The van der Waals surface area contributed by atoms with Gasteiger partial charge in [-0.1, -0.05) is 19.4 Å². The fourth-order valence-electron chi connectivity index (χ4n) is 4.41. The van der Waals surface area contributed by atoms with Gasteiger partial charge in [0.2, 0.25) is 5.91 Å². The van der Waals surface area contributed by atoms with Crippen molar-refractivity contribution in [2.75, 3.05) is 17.7 Å². The van der Waals surface area contributed by atoms with Crippen LogP contribution in [0.3, 0.4) is 0 Å². The molecule has 39 heavy (non-hydrogen) atoms. The van der Waals surface area contributed by atoms with Gasteiger partial charge in [-0.15, -0.1) is 23.1 Å². The van der Waals surface area contributed by atoms with Gasteiger partial charge in [0.15, 0.2) is 0 Å². The predicted molar refractivity (Wildman–Crippen MR) is 153 cm³/mol. The third kappa shape index (κ3) is 6.85. The van der Waals surface area contributed by atoms with Gasteiger partial charge in [-0.05, 0) is 68.0 Å². The highest BCUT2D eigenvalue weighted by atomic mass is 32.2. The SMILES string of the molecule is CCC(Sc1cccc(NC(=O)c2ccc([N+](=O)[O-])cc2)c1)C(=O)Nc1sc2c(c1C(=O)OC)CCCCC2. The molecule has 1 atom stereocenters. The number of thioether (sulfide) groups is 1. The van der Waals surface area contributed by atoms with Crippen LogP contribution in [0.15, 0.2) is 53.4 Å². The second-order valence-electron chi connectivity index (χ2n) is 9.05. The van der Waals surface area contributed by atoms with Crippen molar-refractivity contribution < 1.29 is 24.0 Å². The standard InChI is InChI=1S/C28H29N3O6S2/c1-3-22(26(33)30-27-24(28(34)37-2)21-10-5-4-6-11-23(21)39-27)38-20-9-7-8-18(16-20)29-25(32)17-12-14-19(15-13-17)31(35)36/h7-9,12-16,22H,3-6,10-11H2,1-2H3,(H,29,32)(H,30,33). The number of carbonyl (C=O) groups excluding carboxylic acids is 3. The normalized spacial score (nSPS) is 13.5. The van der Waals surface area contributed by atoms with Crippen LogP contribution in [0.5, 0.6) is 0 Å². The second-order valence-corrected chi connectivity index (χ2v) is 11.4. The Kier molecular flexibility index (Phi) is 9.36. The average Bonchev–Trinajstić information content (AvgIpc) is 3.10. The summed E-state index contributed by atoms with van der Waals surface area (Å²) in [5.41, 5.74) is 2.21. The molecule has 1 aliphatic rings. The average molecular weight is 568 g/mol. The number of ether oxygens (including phenoxy) is 1. The molecule has 0 spiro atoms. The fraction of sp³-hybridized carbons (Fsp3) is 0.321. The molecule has 1 heterocycles. The highest BCUT2D eigenvalue weighted by molar-refractivity contribution is 8.00. The highest BCUT2D eigenvalue weighted by Crippen LogP contribution is 2.39. The summed E-state index contributed by atoms with van der Waals surface area (Å²) in [5.74, 6) is -1.03. The third-order valence-corrected chi connectivity index (χ3v) is 8.99. The van der Waals surface area contributed by atoms with Crippen LogP contribution in [0.4, 0.5) is 16.4 Å². The van der Waals surface area contributed by atoms with Crippen molar-refractivity contribution in [2.24, 2.45) is 0 Å². The van der Waals surface area contributed by atoms with Gasteiger partial charge in [-0.2, -0.15) is 0 Å². The van der Waals surface area contributed by atoms with Gasteiger partial charge in [-0.3, -0.25) is 19.7 Å². The van der Waals surface area contributed by atoms with Gasteiger partial charge in [0.1, 0.15) is 5.00 Å². The van der Waals surface area contributed by atoms with Crippen LogP contribution in [0, 0.1) is 10.1 Å². The van der Waals surface area contributed by atoms with Crippen molar-refractivity contribution in [3.63, 3.8) is 0 Å². The van der Waals surface area contributed by atoms with Crippen LogP contribution >= 0.6 is 23.1 Å². The topological polar surface area (TPSA) is 128 Å². The molecule has 0 aliphatic heterocycles. The molecule has 2 amide bonds. The van der Waals surface area contributed by atoms with E-state index in [4.69, 9.17) is 4.74 Å². The molecule has 3 aromatic rings. The first-order valence-corrected chi connectivity index (χ1v) is 14.4. The van der Waals surface area contributed by atoms with Crippen LogP contribution in [-0.2, 0) is 22.4 Å². The number of anilines is 2. The maximum Gasteiger partial charge on any atom is 0.341 e. The lowest BCUT2D eigenvalue weighted by atomic mass is 10.1. The lowest BCUT2D eigenvalue weighted by molar-refractivity contribution is -0.384. The van der Waals surface area contributed by atoms with E-state index in [1.165, 1.54) is 54.5 Å². The minimum Gasteiger partial charge on any atom is -0.465 e. The Labute approximate surface area is 234 Å². The predicted octanol–water partition coefficient (Wildman–Crippen LogP) is 6.47. The van der Waals surface area contributed by atoms with Gasteiger partial charge in [0, 0.05) is 33.2 Å². The number of nitrogens with zero attached hydrogens (tertiary/aromatic N) is 1. The van der Waals surface area contributed by atoms with E-state index < -0.39 is 22.0 Å². The number of amides is 2. The molecule has 11 heteroatoms. The number of non-ortho nitro benzene ring substituents is 1. The summed E-state index contributed by atoms with van der Waals surface area (Å²) in [5, 5.41) is 16.7. The number of esters is 1. The number of thiophene rings is 1. The molecule has 2 aromatic carbocycles. The molecule has 4 rings (SSSR count). The first-order chi connectivity index (χ1) is 18.8. The van der Waals surface area contributed by atoms with Crippen molar-refractivity contribution >= 4 is 57.3 Å². The third-order valence-electron chi connectivity index (χ3n) is 6.42. The lowest BCUT2D eigenvalue weighted by Gasteiger charge is -2.16. The molecule has 2 N–H and O–H groups in total. The van der Waals surface area contributed by atoms with E-state index in [1.807, 2.05) is 13.0 Å². The van der Waals surface area contributed by atoms with E-state index in [2.05, 4.69) is 10.6 Å². The zero-order chi connectivity index (χ0) is 27.9. The first kappa shape index (κ1) is 28.3. The number of hydrogen-bond donors (Lipinski definition) is 2. The van der Waals surface area contributed by atoms with E-state index in [1.54, 1.807) is 18.2 Å². The van der Waals surface area contributed by atoms with E-state index in [0.717, 1.165) is 47.4 Å². The number of methoxy groups -OCH3 is 1. The Morgan fingerprint density at radius 3 is 2.51 bits per heavy atom. The Morgan fingerprint density at radius 1 is 1.08 bits per heavy atom. The van der Waals surface area contributed by atoms with E-state index in [0.29, 0.717) is 28.2 Å². The summed E-state index contributed by atoms with van der Waals surface area (Å²) in [7, 11) is 1.35. The summed E-state index contributed by atoms with van der Waals surface area (Å²) < 4.78 is 5.05. The number of carbonyl (C=O) groups is 3. The smallest absolute Gasteiger partial charge is 0.341 e. The summed E-state index contributed by atoms with van der Waals surface area (Å²) in [6.07, 6.45) is 5.43. The van der Waals surface area contributed by atoms with Crippen LogP contribution in [0.2, 0.25) is 0 Å². The second kappa shape index (κ2) is 12.9. The Hall–Kier alpha value is -3.70. The first-order valence-electron chi connectivity index (χ1n) is 12.7. The Bertz CT molecular complexity index is 1390. The molecule has 1 unspecified atom stereocenters. The highest BCUT2D eigenvalue weighted by Gasteiger charge is 2.28. The largest absolute Gasteiger partial charge is 0.465 e. The lowest BCUT2D eigenvalue weighted by Crippen LogP contribution is -2.25. The van der Waals surface area contributed by atoms with Crippen molar-refractivity contribution in [1.29, 1.82) is 0 Å². The molecule has 0 fully saturated rings. The monoisotopic (exact) mass is 567 g/mol. The van der Waals surface area contributed by atoms with Gasteiger partial charge >= 0.3 is 5.97 Å². The Morgan fingerprint density at radius 2 is 1.82 bits per heavy atom. The molecule has 1 aliphatic carbocycles. The number of fused-ring (bicyclic) bond motifs is 1. The zero-order valence-corrected chi connectivity index (χ0v) is 23.3. The van der Waals surface area contributed by atoms with Crippen molar-refractivity contribution in [2.45, 2.75) is 55.6 Å². The molecule has 0 radical (unpaired) electrons. The fourth-order valence-corrected chi connectivity index (χ4v) is 6.71. The molecule has 0 saturated carbocycles. The molecular formula is C28H29N3O6S2. The summed E-state index contributed by atoms with van der Waals surface area (Å²) in [6, 6.07) is 12.5. The summed E-state index contributed by atoms with van der Waals surface area (Å²) in [4.78, 5) is 50.8. The molecule has 0 saturated heterocycles. The maximum atomic E-state index is 13.3. The minimum atomic E-state index is -0.521. The summed E-state index contributed by atoms with van der Waals surface area (Å²) >= 11 is 2.83. The van der Waals surface area contributed by atoms with E-state index in [9.17, 15) is 24.5 Å². The summed E-state index contributed by atoms with van der Waals surface area (Å²) in [6.45, 7) is 1.92. The molecule has 0 bridgehead atoms. The number of aryl methyl sites for hydroxylation is 1. The van der Waals surface area contributed by atoms with Crippen molar-refractivity contribution in [1.82, 2.24) is 0 Å². The Balaban J connectivity index is 1.46. The maximum absolute atomic E-state index is 13.3. The van der Waals surface area contributed by atoms with Crippen LogP contribution in [0.25, 0.3) is 0 Å². The minimum absolute atomic E-state index is 0.0919. The van der Waals surface area contributed by atoms with Crippen LogP contribution in [0.1, 0.15) is 63.8 Å². The van der Waals surface area contributed by atoms with Gasteiger partial charge < -0.3 is 15.4 Å². The molecule has 1 aromatic heterocycles. The van der Waals surface area contributed by atoms with E-state index >= 15 is 0 Å². The number of nitrogens with one attached hydrogen (secondary N) is 2. The molecule has 204 valence electrons. The molecule has 9 nitrogen and oxygen atoms in total. The van der Waals surface area contributed by atoms with Crippen LogP contribution in [-0.4, -0.2) is 35.1 Å². The van der Waals surface area contributed by atoms with Crippen molar-refractivity contribution in [3.05, 3.63) is 80.2 Å². The van der Waals surface area contributed by atoms with E-state index in [-0.39, 0.29) is 11.6 Å². The van der Waals surface area contributed by atoms with Gasteiger partial charge in [0.05, 0.1) is 22.8 Å². The number of nitro groups is 1. The number of hydrogen-bond acceptors (Lipinski definition) is 8. The van der Waals surface area contributed by atoms with Crippen molar-refractivity contribution in [3.8, 4) is 0 Å². The quantitative estimate of drug-likeness (QED) is 0.0997. The molecular weight excluding hydrogens is 538 g/mol. The number of benzene rings is 2. The van der Waals surface area contributed by atoms with Crippen LogP contribution < -0.4 is 10.6 Å². The number of nitro benzene ring substituents is 1. The zero-order valence-electron chi connectivity index (χ0n) is 21.7. The number of rotatable bonds is 9.